The van der Waals surface area contributed by atoms with Crippen molar-refractivity contribution in [3.63, 3.8) is 0 Å². The topological polar surface area (TPSA) is 525 Å². The number of ether oxygens (including phenoxy) is 8. The van der Waals surface area contributed by atoms with Gasteiger partial charge in [0.1, 0.15) is 53.3 Å². The quantitative estimate of drug-likeness (QED) is 0.0127. The number of amidine groups is 3. The Balaban J connectivity index is 0.000000368. The number of rotatable bonds is 39. The van der Waals surface area contributed by atoms with Gasteiger partial charge in [-0.2, -0.15) is 4.98 Å². The molecule has 0 spiro atoms. The number of anilines is 1. The number of nitrogens with two attached hydrogens (primary N) is 3. The number of carbonyl (C=O) groups is 5. The van der Waals surface area contributed by atoms with Gasteiger partial charge in [0, 0.05) is 68.7 Å². The summed E-state index contributed by atoms with van der Waals surface area (Å²) in [6.07, 6.45) is -8.57. The van der Waals surface area contributed by atoms with E-state index in [9.17, 15) is 66.0 Å². The molecule has 40 nitrogen and oxygen atoms in total. The summed E-state index contributed by atoms with van der Waals surface area (Å²) < 4.78 is 208. The molecule has 1 aromatic rings. The zero-order valence-corrected chi connectivity index (χ0v) is 82.0. The number of halogens is 6. The Kier molecular flexibility index (Phi) is 43.3. The summed E-state index contributed by atoms with van der Waals surface area (Å²) in [7, 11) is -14.0. The largest absolute Gasteiger partial charge is 0.462 e. The summed E-state index contributed by atoms with van der Waals surface area (Å²) in [5, 5.41) is 32.8. The lowest BCUT2D eigenvalue weighted by Crippen LogP contribution is -2.44. The van der Waals surface area contributed by atoms with Crippen LogP contribution in [0.3, 0.4) is 0 Å². The van der Waals surface area contributed by atoms with Crippen molar-refractivity contribution in [3.05, 3.63) is 96.3 Å². The molecule has 0 radical (unpaired) electrons. The molecule has 8 heterocycles. The molecule has 0 bridgehead atoms. The molecular formula is C82H138F6N16O24P4. The number of carbonyl (C=O) groups excluding carboxylic acids is 5. The summed E-state index contributed by atoms with van der Waals surface area (Å²) in [6.45, 7) is 45.2. The van der Waals surface area contributed by atoms with E-state index in [1.807, 2.05) is 13.8 Å². The average Bonchev–Trinajstić information content (AvgIpc) is 1.63. The van der Waals surface area contributed by atoms with Crippen molar-refractivity contribution in [2.24, 2.45) is 53.8 Å². The minimum absolute atomic E-state index is 0. The third kappa shape index (κ3) is 31.0. The molecule has 13 N–H and O–H groups in total. The van der Waals surface area contributed by atoms with Gasteiger partial charge in [-0.25, -0.2) is 66.5 Å². The molecule has 1 aromatic heterocycles. The fraction of sp³-hybridized carbons (Fsp3) is 0.707. The maximum Gasteiger partial charge on any atom is 0.351 e. The first-order valence-corrected chi connectivity index (χ1v) is 50.7. The number of nitrogens with one attached hydrogen (secondary N) is 5. The van der Waals surface area contributed by atoms with Gasteiger partial charge in [-0.1, -0.05) is 75.6 Å². The van der Waals surface area contributed by atoms with Crippen molar-refractivity contribution in [2.75, 3.05) is 71.6 Å². The van der Waals surface area contributed by atoms with E-state index in [2.05, 4.69) is 65.4 Å². The van der Waals surface area contributed by atoms with Gasteiger partial charge >= 0.3 is 29.6 Å². The summed E-state index contributed by atoms with van der Waals surface area (Å²) in [4.78, 5) is 91.2. The Bertz CT molecular complexity index is 4540. The predicted molar refractivity (Wildman–Crippen MR) is 484 cm³/mol. The molecule has 752 valence electrons. The van der Waals surface area contributed by atoms with E-state index in [4.69, 9.17) is 73.2 Å². The molecule has 24 atom stereocenters. The second-order valence-electron chi connectivity index (χ2n) is 34.7. The van der Waals surface area contributed by atoms with E-state index < -0.39 is 217 Å². The van der Waals surface area contributed by atoms with Crippen LogP contribution in [-0.4, -0.2) is 264 Å². The lowest BCUT2D eigenvalue weighted by molar-refractivity contribution is -0.149. The number of alkyl halides is 4. The van der Waals surface area contributed by atoms with Crippen molar-refractivity contribution in [3.8, 4) is 0 Å². The molecule has 0 saturated carbocycles. The Hall–Kier alpha value is -7.58. The third-order valence-corrected chi connectivity index (χ3v) is 28.0. The molecule has 7 aliphatic heterocycles. The van der Waals surface area contributed by atoms with Gasteiger partial charge in [-0.15, -0.1) is 0 Å². The van der Waals surface area contributed by atoms with E-state index >= 15 is 17.6 Å². The number of hydrogen-bond acceptors (Lipinski definition) is 34. The van der Waals surface area contributed by atoms with Gasteiger partial charge < -0.3 is 103 Å². The van der Waals surface area contributed by atoms with Crippen LogP contribution >= 0.6 is 30.1 Å². The summed E-state index contributed by atoms with van der Waals surface area (Å²) in [5.74, 6) is -4.51. The van der Waals surface area contributed by atoms with Crippen LogP contribution in [0.4, 0.5) is 32.2 Å². The summed E-state index contributed by atoms with van der Waals surface area (Å²) >= 11 is 0. The van der Waals surface area contributed by atoms with Crippen LogP contribution in [0.2, 0.25) is 0 Å². The van der Waals surface area contributed by atoms with E-state index in [-0.39, 0.29) is 98.9 Å². The average molecular weight is 1970 g/mol. The Labute approximate surface area is 768 Å². The second-order valence-corrected chi connectivity index (χ2v) is 43.5. The Morgan fingerprint density at radius 3 is 1.08 bits per heavy atom. The number of amides is 1. The van der Waals surface area contributed by atoms with Crippen LogP contribution in [0.1, 0.15) is 171 Å². The van der Waals surface area contributed by atoms with Crippen LogP contribution in [0, 0.1) is 21.7 Å². The maximum atomic E-state index is 15.5. The van der Waals surface area contributed by atoms with Gasteiger partial charge in [0.25, 0.3) is 30.1 Å². The number of aliphatic hydroxyl groups is 2. The van der Waals surface area contributed by atoms with Crippen LogP contribution in [-0.2, 0) is 98.2 Å². The van der Waals surface area contributed by atoms with Crippen molar-refractivity contribution < 1.29 is 135 Å². The highest BCUT2D eigenvalue weighted by Gasteiger charge is 2.60. The number of aliphatic imine (C=N–C) groups is 3. The molecule has 7 aliphatic rings. The van der Waals surface area contributed by atoms with Gasteiger partial charge in [-0.05, 0) is 114 Å². The van der Waals surface area contributed by atoms with Crippen molar-refractivity contribution in [1.29, 1.82) is 0 Å². The number of nitrogens with zero attached hydrogens (tertiary/aromatic N) is 8. The standard InChI is InChI=1S/C22H36FN4O8P.C20H33F2N4O5P.C20H34FN4O5P.C19H31F2N4O6P.CH4/c1-7-8-17(29)24-16-9-10-27(21(31)25-16)19-18(23)22(5,12-28)15(35-19)11-33-36(6,32)26-14(4)20(30)34-13(2)3;1-8-20(6)15(10-29-32(7,28)25-12(4)19(27)30-11(2)3)31-18(16(20)22)26-9-14(21)17(23)24-13(26)5;1-8-20(6)15(11-28-31(7,27)24-13(4)19(26)29-12(2)3)30-18(17(20)21)25-10-9-16(22)23-14(25)5;1-10(2)30-18(27)11(3)24-32(6,28)29-8-14-19(5,9-26)15(21)17(31-14)25-7-13(20)16(22)23-12(25)4;/h9-10,13-15,18-19,28H,7-8,11-12H2,1-6H3,(H,26,32)(H,24,25,29,31);9,11-12,15-16,18H,5,8,10H2,1-4,6-7H3,(H2,23,24)(H,25,28);9-10,12-13,15,17-18H,5,8,11H2,1-4,6-7H3,(H2,22,23)(H,24,27);7,10-11,14-15,17,26H,4,8-9H2,1-3,5-6H3,(H2,22,23)(H,24,28);1H4/t14-,15+,18?,19+,22-,36?;12-,15+,16?,18+,20-,32?;13-,15+,17?,18+,20-,31?;11-,14+,15?,17+,19-,32?;/m0000./s1. The summed E-state index contributed by atoms with van der Waals surface area (Å²) in [6, 6.07) is -2.21. The zero-order valence-electron chi connectivity index (χ0n) is 78.4. The minimum Gasteiger partial charge on any atom is -0.462 e. The van der Waals surface area contributed by atoms with Gasteiger partial charge in [0.15, 0.2) is 72.9 Å². The third-order valence-electron chi connectivity index (χ3n) is 22.0. The van der Waals surface area contributed by atoms with Crippen molar-refractivity contribution in [2.45, 2.75) is 287 Å². The maximum absolute atomic E-state index is 15.5. The first-order chi connectivity index (χ1) is 60.5. The molecule has 0 aliphatic carbocycles. The molecule has 8 rings (SSSR count). The number of esters is 4. The highest BCUT2D eigenvalue weighted by Crippen LogP contribution is 2.53. The second kappa shape index (κ2) is 48.9. The highest BCUT2D eigenvalue weighted by molar-refractivity contribution is 7.57. The number of aromatic nitrogens is 2. The SMILES string of the molecule is C.C=C1N=C(N)C(F)=CN1[C@@H]1O[C@H](COP(C)(=O)N[C@@H](C)C(=O)OC(C)C)[C@](C)(CC)C1F.C=C1N=C(N)C(F)=CN1[C@@H]1O[C@H](COP(C)(=O)N[C@@H](C)C(=O)OC(C)C)[C@](C)(CO)C1F.C=C1N=C(N)C=CN1[C@@H]1O[C@H](COP(C)(=O)N[C@@H](C)C(=O)OC(C)C)[C@](C)(CC)C1F.CCCC(=O)Nc1ccn([C@@H]2O[C@H](COP(C)(=O)N[C@@H](C)C(=O)OC(C)C)[C@](C)(CO)C2F)c(=O)n1. The van der Waals surface area contributed by atoms with Crippen LogP contribution in [0.15, 0.2) is 106 Å². The van der Waals surface area contributed by atoms with Gasteiger partial charge in [-0.3, -0.25) is 46.8 Å². The first-order valence-electron chi connectivity index (χ1n) is 42.5. The predicted octanol–water partition coefficient (Wildman–Crippen LogP) is 10.5. The molecule has 4 fully saturated rings. The highest BCUT2D eigenvalue weighted by atomic mass is 31.2. The van der Waals surface area contributed by atoms with E-state index in [1.54, 1.807) is 95.4 Å². The monoisotopic (exact) mass is 1970 g/mol. The zero-order chi connectivity index (χ0) is 99.7. The van der Waals surface area contributed by atoms with Crippen LogP contribution in [0.5, 0.6) is 0 Å². The fourth-order valence-corrected chi connectivity index (χ4v) is 19.0. The molecule has 8 unspecified atom stereocenters. The smallest absolute Gasteiger partial charge is 0.351 e. The lowest BCUT2D eigenvalue weighted by Gasteiger charge is -2.32. The molecular weight excluding hydrogens is 1830 g/mol. The van der Waals surface area contributed by atoms with Crippen LogP contribution < -0.4 is 48.6 Å². The molecule has 1 amide bonds. The molecule has 132 heavy (non-hydrogen) atoms. The van der Waals surface area contributed by atoms with E-state index in [1.165, 1.54) is 78.4 Å². The Morgan fingerprint density at radius 2 is 0.788 bits per heavy atom. The van der Waals surface area contributed by atoms with Gasteiger partial charge in [0.2, 0.25) is 5.91 Å². The lowest BCUT2D eigenvalue weighted by atomic mass is 9.79. The van der Waals surface area contributed by atoms with E-state index in [0.29, 0.717) is 19.3 Å². The van der Waals surface area contributed by atoms with Crippen LogP contribution in [0.25, 0.3) is 0 Å². The Morgan fingerprint density at radius 1 is 0.500 bits per heavy atom. The minimum atomic E-state index is -3.57. The van der Waals surface area contributed by atoms with E-state index in [0.717, 1.165) is 26.8 Å². The molecule has 0 aromatic carbocycles. The normalized spacial score (nSPS) is 29.7. The summed E-state index contributed by atoms with van der Waals surface area (Å²) in [5.41, 5.74) is 10.8. The number of aliphatic hydroxyl groups excluding tert-OH is 2. The molecule has 50 heteroatoms. The van der Waals surface area contributed by atoms with Gasteiger partial charge in [0.05, 0.1) is 99.3 Å². The fourth-order valence-electron chi connectivity index (χ4n) is 13.8. The van der Waals surface area contributed by atoms with Crippen molar-refractivity contribution >= 4 is 83.2 Å². The first kappa shape index (κ1) is 117. The van der Waals surface area contributed by atoms with Crippen molar-refractivity contribution in [1.82, 2.24) is 44.6 Å². The molecule has 4 saturated heterocycles. The number of hydrogen-bond donors (Lipinski definition) is 10.